The van der Waals surface area contributed by atoms with E-state index in [-0.39, 0.29) is 6.04 Å². The summed E-state index contributed by atoms with van der Waals surface area (Å²) in [6.45, 7) is 5.54. The van der Waals surface area contributed by atoms with Crippen LogP contribution in [0.5, 0.6) is 0 Å². The zero-order valence-corrected chi connectivity index (χ0v) is 4.15. The van der Waals surface area contributed by atoms with Gasteiger partial charge in [-0.3, -0.25) is 0 Å². The molecule has 0 spiro atoms. The lowest BCUT2D eigenvalue weighted by Gasteiger charge is -1.95. The Labute approximate surface area is 38.8 Å². The van der Waals surface area contributed by atoms with Gasteiger partial charge >= 0.3 is 0 Å². The molecule has 0 aliphatic heterocycles. The largest absolute Gasteiger partial charge is 0.324 e. The van der Waals surface area contributed by atoms with E-state index in [1.54, 1.807) is 6.08 Å². The second-order valence-corrected chi connectivity index (χ2v) is 1.31. The van der Waals surface area contributed by atoms with Crippen LogP contribution in [0.25, 0.3) is 0 Å². The summed E-state index contributed by atoms with van der Waals surface area (Å²) in [6, 6.07) is 0.199. The fraction of sp³-hybridized carbons (Fsp3) is 0.600. The highest BCUT2D eigenvalue weighted by molar-refractivity contribution is 4.79. The van der Waals surface area contributed by atoms with Crippen molar-refractivity contribution in [3.8, 4) is 0 Å². The summed E-state index contributed by atoms with van der Waals surface area (Å²) in [5.41, 5.74) is 5.35. The van der Waals surface area contributed by atoms with E-state index in [2.05, 4.69) is 6.58 Å². The standard InChI is InChI=1S/C5H11N/c1-3-5(6)4-2/h3,5H,1,4,6H2,2H3. The van der Waals surface area contributed by atoms with Crippen LogP contribution in [0.1, 0.15) is 13.3 Å². The third kappa shape index (κ3) is 1.97. The molecule has 0 heterocycles. The number of hydrogen-bond donors (Lipinski definition) is 1. The topological polar surface area (TPSA) is 26.0 Å². The van der Waals surface area contributed by atoms with Crippen LogP contribution in [0.3, 0.4) is 0 Å². The molecule has 1 unspecified atom stereocenters. The van der Waals surface area contributed by atoms with Gasteiger partial charge in [0.25, 0.3) is 0 Å². The Hall–Kier alpha value is -0.300. The first-order chi connectivity index (χ1) is 2.81. The molecule has 0 aromatic heterocycles. The smallest absolute Gasteiger partial charge is 0.0218 e. The van der Waals surface area contributed by atoms with E-state index < -0.39 is 0 Å². The molecule has 0 bridgehead atoms. The van der Waals surface area contributed by atoms with E-state index in [0.29, 0.717) is 0 Å². The zero-order valence-electron chi connectivity index (χ0n) is 4.15. The van der Waals surface area contributed by atoms with Gasteiger partial charge in [-0.15, -0.1) is 6.58 Å². The van der Waals surface area contributed by atoms with Gasteiger partial charge in [-0.05, 0) is 6.42 Å². The molecule has 0 radical (unpaired) electrons. The molecule has 2 N–H and O–H groups in total. The summed E-state index contributed by atoms with van der Waals surface area (Å²) in [5.74, 6) is 0. The van der Waals surface area contributed by atoms with Crippen LogP contribution in [-0.2, 0) is 0 Å². The van der Waals surface area contributed by atoms with Gasteiger partial charge in [0.2, 0.25) is 0 Å². The van der Waals surface area contributed by atoms with E-state index in [4.69, 9.17) is 5.73 Å². The highest BCUT2D eigenvalue weighted by Gasteiger charge is 1.84. The molecule has 0 aromatic rings. The Bertz CT molecular complexity index is 41.2. The van der Waals surface area contributed by atoms with Crippen LogP contribution >= 0.6 is 0 Å². The quantitative estimate of drug-likeness (QED) is 0.495. The lowest BCUT2D eigenvalue weighted by atomic mass is 10.2. The molecule has 1 nitrogen and oxygen atoms in total. The Morgan fingerprint density at radius 2 is 2.50 bits per heavy atom. The van der Waals surface area contributed by atoms with Gasteiger partial charge < -0.3 is 5.73 Å². The first-order valence-electron chi connectivity index (χ1n) is 2.19. The van der Waals surface area contributed by atoms with Gasteiger partial charge in [-0.1, -0.05) is 13.0 Å². The van der Waals surface area contributed by atoms with E-state index in [1.165, 1.54) is 0 Å². The third-order valence-corrected chi connectivity index (χ3v) is 0.774. The molecule has 36 valence electrons. The van der Waals surface area contributed by atoms with Crippen molar-refractivity contribution in [1.29, 1.82) is 0 Å². The van der Waals surface area contributed by atoms with Crippen LogP contribution in [-0.4, -0.2) is 6.04 Å². The molecule has 0 aliphatic rings. The van der Waals surface area contributed by atoms with Crippen LogP contribution in [0, 0.1) is 0 Å². The van der Waals surface area contributed by atoms with Crippen molar-refractivity contribution in [3.63, 3.8) is 0 Å². The van der Waals surface area contributed by atoms with E-state index >= 15 is 0 Å². The highest BCUT2D eigenvalue weighted by atomic mass is 14.6. The molecule has 1 atom stereocenters. The van der Waals surface area contributed by atoms with Gasteiger partial charge in [-0.25, -0.2) is 0 Å². The van der Waals surface area contributed by atoms with E-state index in [1.807, 2.05) is 6.92 Å². The average Bonchev–Trinajstić information content (AvgIpc) is 1.65. The van der Waals surface area contributed by atoms with Crippen molar-refractivity contribution < 1.29 is 0 Å². The molecular formula is C5H11N. The molecule has 0 aliphatic carbocycles. The maximum absolute atomic E-state index is 5.35. The van der Waals surface area contributed by atoms with Crippen molar-refractivity contribution in [1.82, 2.24) is 0 Å². The second-order valence-electron chi connectivity index (χ2n) is 1.31. The Kier molecular flexibility index (Phi) is 2.77. The predicted molar refractivity (Wildman–Crippen MR) is 28.5 cm³/mol. The Morgan fingerprint density at radius 3 is 2.50 bits per heavy atom. The summed E-state index contributed by atoms with van der Waals surface area (Å²) in [4.78, 5) is 0. The minimum atomic E-state index is 0.199. The summed E-state index contributed by atoms with van der Waals surface area (Å²) < 4.78 is 0. The Morgan fingerprint density at radius 1 is 2.00 bits per heavy atom. The Balaban J connectivity index is 2.96. The minimum Gasteiger partial charge on any atom is -0.324 e. The average molecular weight is 85.1 g/mol. The van der Waals surface area contributed by atoms with Gasteiger partial charge in [0.05, 0.1) is 0 Å². The van der Waals surface area contributed by atoms with Crippen molar-refractivity contribution >= 4 is 0 Å². The zero-order chi connectivity index (χ0) is 4.99. The highest BCUT2D eigenvalue weighted by Crippen LogP contribution is 1.82. The molecule has 0 rings (SSSR count). The first kappa shape index (κ1) is 5.70. The maximum Gasteiger partial charge on any atom is 0.0218 e. The van der Waals surface area contributed by atoms with E-state index in [9.17, 15) is 0 Å². The lowest BCUT2D eigenvalue weighted by molar-refractivity contribution is 0.784. The third-order valence-electron chi connectivity index (χ3n) is 0.774. The fourth-order valence-electron chi connectivity index (χ4n) is 0.167. The second kappa shape index (κ2) is 2.91. The number of nitrogens with two attached hydrogens (primary N) is 1. The molecule has 0 amide bonds. The lowest BCUT2D eigenvalue weighted by Crippen LogP contribution is -2.13. The summed E-state index contributed by atoms with van der Waals surface area (Å²) in [5, 5.41) is 0. The molecule has 0 fully saturated rings. The van der Waals surface area contributed by atoms with Gasteiger partial charge in [-0.2, -0.15) is 0 Å². The molecule has 0 saturated heterocycles. The van der Waals surface area contributed by atoms with Gasteiger partial charge in [0, 0.05) is 6.04 Å². The molecule has 0 aromatic carbocycles. The molecule has 1 heteroatoms. The monoisotopic (exact) mass is 85.1 g/mol. The maximum atomic E-state index is 5.35. The normalized spacial score (nSPS) is 13.7. The fourth-order valence-corrected chi connectivity index (χ4v) is 0.167. The van der Waals surface area contributed by atoms with Crippen LogP contribution in [0.15, 0.2) is 12.7 Å². The summed E-state index contributed by atoms with van der Waals surface area (Å²) >= 11 is 0. The van der Waals surface area contributed by atoms with Crippen LogP contribution in [0.2, 0.25) is 0 Å². The van der Waals surface area contributed by atoms with Gasteiger partial charge in [0.15, 0.2) is 0 Å². The molecule has 6 heavy (non-hydrogen) atoms. The summed E-state index contributed by atoms with van der Waals surface area (Å²) in [7, 11) is 0. The molecular weight excluding hydrogens is 74.1 g/mol. The minimum absolute atomic E-state index is 0.199. The van der Waals surface area contributed by atoms with Crippen LogP contribution < -0.4 is 5.73 Å². The van der Waals surface area contributed by atoms with Crippen LogP contribution in [0.4, 0.5) is 0 Å². The number of rotatable bonds is 2. The van der Waals surface area contributed by atoms with Crippen molar-refractivity contribution in [3.05, 3.63) is 12.7 Å². The summed E-state index contributed by atoms with van der Waals surface area (Å²) in [6.07, 6.45) is 2.74. The van der Waals surface area contributed by atoms with Crippen molar-refractivity contribution in [2.75, 3.05) is 0 Å². The predicted octanol–water partition coefficient (Wildman–Crippen LogP) is 0.910. The van der Waals surface area contributed by atoms with Crippen molar-refractivity contribution in [2.24, 2.45) is 5.73 Å². The molecule has 0 saturated carbocycles. The number of hydrogen-bond acceptors (Lipinski definition) is 1. The first-order valence-corrected chi connectivity index (χ1v) is 2.19. The SMILES string of the molecule is C=CC(N)CC. The van der Waals surface area contributed by atoms with Gasteiger partial charge in [0.1, 0.15) is 0 Å². The van der Waals surface area contributed by atoms with E-state index in [0.717, 1.165) is 6.42 Å². The van der Waals surface area contributed by atoms with Crippen molar-refractivity contribution in [2.45, 2.75) is 19.4 Å².